The number of ether oxygens (including phenoxy) is 1. The van der Waals surface area contributed by atoms with Gasteiger partial charge in [-0.05, 0) is 25.1 Å². The van der Waals surface area contributed by atoms with Crippen molar-refractivity contribution >= 4 is 33.7 Å². The Morgan fingerprint density at radius 3 is 2.65 bits per heavy atom. The molecule has 1 aromatic carbocycles. The summed E-state index contributed by atoms with van der Waals surface area (Å²) >= 11 is 3.24. The molecule has 0 aliphatic carbocycles. The summed E-state index contributed by atoms with van der Waals surface area (Å²) in [7, 11) is 0. The molecule has 0 unspecified atom stereocenters. The van der Waals surface area contributed by atoms with Crippen LogP contribution in [0.3, 0.4) is 0 Å². The second-order valence-electron chi connectivity index (χ2n) is 3.95. The molecule has 0 radical (unpaired) electrons. The van der Waals surface area contributed by atoms with E-state index in [-0.39, 0.29) is 13.0 Å². The molecule has 108 valence electrons. The Morgan fingerprint density at radius 2 is 2.10 bits per heavy atom. The van der Waals surface area contributed by atoms with Gasteiger partial charge in [-0.15, -0.1) is 0 Å². The summed E-state index contributed by atoms with van der Waals surface area (Å²) in [5.41, 5.74) is 5.52. The number of esters is 1. The van der Waals surface area contributed by atoms with Gasteiger partial charge in [-0.25, -0.2) is 0 Å². The summed E-state index contributed by atoms with van der Waals surface area (Å²) < 4.78 is 5.45. The number of nitrogens with one attached hydrogen (secondary N) is 1. The van der Waals surface area contributed by atoms with Crippen molar-refractivity contribution in [2.75, 3.05) is 6.61 Å². The molecular weight excluding hydrogens is 328 g/mol. The van der Waals surface area contributed by atoms with Gasteiger partial charge in [0.2, 0.25) is 5.91 Å². The van der Waals surface area contributed by atoms with E-state index in [1.54, 1.807) is 31.2 Å². The molecule has 0 aliphatic rings. The maximum absolute atomic E-state index is 12.0. The number of rotatable bonds is 6. The number of carbonyl (C=O) groups excluding carboxylic acids is 3. The predicted molar refractivity (Wildman–Crippen MR) is 75.8 cm³/mol. The molecule has 2 amide bonds. The van der Waals surface area contributed by atoms with Crippen molar-refractivity contribution in [3.63, 3.8) is 0 Å². The Hall–Kier alpha value is -1.89. The summed E-state index contributed by atoms with van der Waals surface area (Å²) in [6.45, 7) is 1.85. The molecule has 0 fully saturated rings. The van der Waals surface area contributed by atoms with Crippen LogP contribution in [0.25, 0.3) is 0 Å². The third-order valence-corrected chi connectivity index (χ3v) is 2.90. The lowest BCUT2D eigenvalue weighted by Crippen LogP contribution is -2.45. The molecule has 0 aromatic heterocycles. The van der Waals surface area contributed by atoms with E-state index in [4.69, 9.17) is 10.5 Å². The van der Waals surface area contributed by atoms with Crippen LogP contribution in [0.1, 0.15) is 23.7 Å². The fourth-order valence-electron chi connectivity index (χ4n) is 1.48. The SMILES string of the molecule is CCOC(=O)C[C@H](NC(=O)c1cccc(Br)c1)C(N)=O. The van der Waals surface area contributed by atoms with Crippen molar-refractivity contribution < 1.29 is 19.1 Å². The lowest BCUT2D eigenvalue weighted by atomic mass is 10.1. The second-order valence-corrected chi connectivity index (χ2v) is 4.86. The Bertz CT molecular complexity index is 519. The largest absolute Gasteiger partial charge is 0.466 e. The summed E-state index contributed by atoms with van der Waals surface area (Å²) in [6, 6.07) is 5.53. The number of nitrogens with two attached hydrogens (primary N) is 1. The zero-order valence-electron chi connectivity index (χ0n) is 10.9. The van der Waals surface area contributed by atoms with Crippen LogP contribution < -0.4 is 11.1 Å². The van der Waals surface area contributed by atoms with Crippen LogP contribution in [0, 0.1) is 0 Å². The zero-order chi connectivity index (χ0) is 15.1. The molecular formula is C13H15BrN2O4. The van der Waals surface area contributed by atoms with E-state index >= 15 is 0 Å². The van der Waals surface area contributed by atoms with Gasteiger partial charge in [0.15, 0.2) is 0 Å². The van der Waals surface area contributed by atoms with E-state index in [0.29, 0.717) is 5.56 Å². The Balaban J connectivity index is 2.73. The first kappa shape index (κ1) is 16.2. The maximum Gasteiger partial charge on any atom is 0.308 e. The molecule has 0 spiro atoms. The smallest absolute Gasteiger partial charge is 0.308 e. The highest BCUT2D eigenvalue weighted by Gasteiger charge is 2.22. The first-order valence-corrected chi connectivity index (χ1v) is 6.74. The number of amides is 2. The van der Waals surface area contributed by atoms with Gasteiger partial charge in [-0.1, -0.05) is 22.0 Å². The summed E-state index contributed by atoms with van der Waals surface area (Å²) in [6.07, 6.45) is -0.289. The predicted octanol–water partition coefficient (Wildman–Crippen LogP) is 0.986. The summed E-state index contributed by atoms with van der Waals surface area (Å²) in [5.74, 6) is -1.87. The van der Waals surface area contributed by atoms with Gasteiger partial charge in [0, 0.05) is 10.0 Å². The first-order chi connectivity index (χ1) is 9.43. The quantitative estimate of drug-likeness (QED) is 0.753. The Morgan fingerprint density at radius 1 is 1.40 bits per heavy atom. The molecule has 1 aromatic rings. The van der Waals surface area contributed by atoms with Crippen molar-refractivity contribution in [1.82, 2.24) is 5.32 Å². The number of benzene rings is 1. The van der Waals surface area contributed by atoms with Crippen molar-refractivity contribution in [2.24, 2.45) is 5.73 Å². The van der Waals surface area contributed by atoms with Gasteiger partial charge >= 0.3 is 5.97 Å². The number of primary amides is 1. The standard InChI is InChI=1S/C13H15BrN2O4/c1-2-20-11(17)7-10(12(15)18)16-13(19)8-4-3-5-9(14)6-8/h3-6,10H,2,7H2,1H3,(H2,15,18)(H,16,19)/t10-/m0/s1. The minimum atomic E-state index is -1.10. The van der Waals surface area contributed by atoms with Gasteiger partial charge in [-0.2, -0.15) is 0 Å². The maximum atomic E-state index is 12.0. The summed E-state index contributed by atoms with van der Waals surface area (Å²) in [4.78, 5) is 34.6. The first-order valence-electron chi connectivity index (χ1n) is 5.95. The van der Waals surface area contributed by atoms with Crippen LogP contribution in [0.2, 0.25) is 0 Å². The highest BCUT2D eigenvalue weighted by atomic mass is 79.9. The molecule has 7 heteroatoms. The number of carbonyl (C=O) groups is 3. The van der Waals surface area contributed by atoms with Crippen LogP contribution >= 0.6 is 15.9 Å². The minimum absolute atomic E-state index is 0.198. The second kappa shape index (κ2) is 7.64. The lowest BCUT2D eigenvalue weighted by Gasteiger charge is -2.14. The topological polar surface area (TPSA) is 98.5 Å². The van der Waals surface area contributed by atoms with Crippen LogP contribution in [-0.4, -0.2) is 30.4 Å². The number of hydrogen-bond donors (Lipinski definition) is 2. The van der Waals surface area contributed by atoms with E-state index < -0.39 is 23.8 Å². The molecule has 0 heterocycles. The fraction of sp³-hybridized carbons (Fsp3) is 0.308. The van der Waals surface area contributed by atoms with Gasteiger partial charge in [0.1, 0.15) is 6.04 Å². The van der Waals surface area contributed by atoms with Gasteiger partial charge < -0.3 is 15.8 Å². The van der Waals surface area contributed by atoms with E-state index in [9.17, 15) is 14.4 Å². The van der Waals surface area contributed by atoms with Crippen molar-refractivity contribution in [3.05, 3.63) is 34.3 Å². The average Bonchev–Trinajstić information content (AvgIpc) is 2.38. The molecule has 0 saturated carbocycles. The highest BCUT2D eigenvalue weighted by molar-refractivity contribution is 9.10. The van der Waals surface area contributed by atoms with E-state index in [0.717, 1.165) is 4.47 Å². The van der Waals surface area contributed by atoms with Gasteiger partial charge in [-0.3, -0.25) is 14.4 Å². The van der Waals surface area contributed by atoms with Crippen LogP contribution in [0.15, 0.2) is 28.7 Å². The number of hydrogen-bond acceptors (Lipinski definition) is 4. The molecule has 1 rings (SSSR count). The molecule has 0 bridgehead atoms. The number of halogens is 1. The lowest BCUT2D eigenvalue weighted by molar-refractivity contribution is -0.145. The van der Waals surface area contributed by atoms with Crippen LogP contribution in [0.5, 0.6) is 0 Å². The molecule has 20 heavy (non-hydrogen) atoms. The Labute approximate surface area is 124 Å². The molecule has 0 aliphatic heterocycles. The monoisotopic (exact) mass is 342 g/mol. The van der Waals surface area contributed by atoms with Gasteiger partial charge in [0.05, 0.1) is 13.0 Å². The zero-order valence-corrected chi connectivity index (χ0v) is 12.5. The average molecular weight is 343 g/mol. The van der Waals surface area contributed by atoms with Crippen LogP contribution in [0.4, 0.5) is 0 Å². The van der Waals surface area contributed by atoms with E-state index in [2.05, 4.69) is 21.2 Å². The third-order valence-electron chi connectivity index (χ3n) is 2.41. The van der Waals surface area contributed by atoms with Gasteiger partial charge in [0.25, 0.3) is 5.91 Å². The highest BCUT2D eigenvalue weighted by Crippen LogP contribution is 2.11. The Kier molecular flexibility index (Phi) is 6.17. The normalized spacial score (nSPS) is 11.5. The third kappa shape index (κ3) is 5.00. The van der Waals surface area contributed by atoms with Crippen molar-refractivity contribution in [3.8, 4) is 0 Å². The van der Waals surface area contributed by atoms with Crippen LogP contribution in [-0.2, 0) is 14.3 Å². The van der Waals surface area contributed by atoms with Crippen molar-refractivity contribution in [1.29, 1.82) is 0 Å². The molecule has 0 saturated heterocycles. The molecule has 6 nitrogen and oxygen atoms in total. The van der Waals surface area contributed by atoms with Crippen molar-refractivity contribution in [2.45, 2.75) is 19.4 Å². The fourth-order valence-corrected chi connectivity index (χ4v) is 1.88. The van der Waals surface area contributed by atoms with E-state index in [1.807, 2.05) is 0 Å². The van der Waals surface area contributed by atoms with E-state index in [1.165, 1.54) is 0 Å². The molecule has 3 N–H and O–H groups in total. The summed E-state index contributed by atoms with van der Waals surface area (Å²) in [5, 5.41) is 2.41. The molecule has 1 atom stereocenters. The minimum Gasteiger partial charge on any atom is -0.466 e.